The maximum atomic E-state index is 12.5. The van der Waals surface area contributed by atoms with Crippen LogP contribution < -0.4 is 10.2 Å². The summed E-state index contributed by atoms with van der Waals surface area (Å²) in [4.78, 5) is 14.3. The second-order valence-electron chi connectivity index (χ2n) is 9.84. The molecule has 3 aliphatic heterocycles. The molecule has 180 valence electrons. The van der Waals surface area contributed by atoms with Gasteiger partial charge in [0.05, 0.1) is 5.25 Å². The fraction of sp³-hybridized carbons (Fsp3) is 0.826. The van der Waals surface area contributed by atoms with Crippen LogP contribution in [-0.4, -0.2) is 84.2 Å². The number of nitrogens with zero attached hydrogens (tertiary/aromatic N) is 5. The molecule has 0 amide bonds. The number of hydrogen-bond acceptors (Lipinski definition) is 7. The van der Waals surface area contributed by atoms with E-state index in [1.165, 1.54) is 25.7 Å². The van der Waals surface area contributed by atoms with E-state index in [4.69, 9.17) is 4.98 Å². The van der Waals surface area contributed by atoms with Crippen molar-refractivity contribution in [3.63, 3.8) is 0 Å². The third-order valence-electron chi connectivity index (χ3n) is 7.25. The van der Waals surface area contributed by atoms with Gasteiger partial charge < -0.3 is 10.2 Å². The summed E-state index contributed by atoms with van der Waals surface area (Å²) in [6, 6.07) is 2.82. The van der Waals surface area contributed by atoms with E-state index in [0.29, 0.717) is 25.2 Å². The molecule has 9 heteroatoms. The number of anilines is 2. The molecular weight excluding hydrogens is 424 g/mol. The first-order chi connectivity index (χ1) is 15.4. The highest BCUT2D eigenvalue weighted by molar-refractivity contribution is 7.89. The minimum absolute atomic E-state index is 0.334. The SMILES string of the molecule is CC(C)S(=O)(=O)N1CCC(N2CCCC(Nc3nccc(N4CCCCCC4)n3)C2)CC1. The number of piperidine rings is 2. The van der Waals surface area contributed by atoms with Gasteiger partial charge in [-0.1, -0.05) is 12.8 Å². The van der Waals surface area contributed by atoms with Crippen molar-refractivity contribution < 1.29 is 8.42 Å². The Morgan fingerprint density at radius 2 is 1.69 bits per heavy atom. The zero-order valence-corrected chi connectivity index (χ0v) is 20.6. The van der Waals surface area contributed by atoms with Crippen LogP contribution in [0, 0.1) is 0 Å². The Morgan fingerprint density at radius 3 is 2.38 bits per heavy atom. The molecule has 1 atom stereocenters. The molecule has 3 saturated heterocycles. The van der Waals surface area contributed by atoms with Gasteiger partial charge in [-0.05, 0) is 65.0 Å². The van der Waals surface area contributed by atoms with Crippen molar-refractivity contribution in [2.24, 2.45) is 0 Å². The summed E-state index contributed by atoms with van der Waals surface area (Å²) in [5.74, 6) is 1.77. The molecule has 1 aromatic rings. The Bertz CT molecular complexity index is 833. The number of sulfonamides is 1. The standard InChI is InChI=1S/C23H40N6O2S/c1-19(2)32(30,31)29-16-10-21(11-17-29)28-15-7-8-20(18-28)25-23-24-12-9-22(26-23)27-13-5-3-4-6-14-27/h9,12,19-21H,3-8,10-11,13-18H2,1-2H3,(H,24,25,26). The van der Waals surface area contributed by atoms with Crippen LogP contribution in [-0.2, 0) is 10.0 Å². The summed E-state index contributed by atoms with van der Waals surface area (Å²) in [6.45, 7) is 9.05. The molecule has 4 heterocycles. The van der Waals surface area contributed by atoms with Crippen molar-refractivity contribution in [1.29, 1.82) is 0 Å². The number of rotatable bonds is 6. The normalized spacial score (nSPS) is 25.1. The molecular formula is C23H40N6O2S. The van der Waals surface area contributed by atoms with E-state index in [-0.39, 0.29) is 5.25 Å². The van der Waals surface area contributed by atoms with Crippen LogP contribution in [0.2, 0.25) is 0 Å². The summed E-state index contributed by atoms with van der Waals surface area (Å²) in [5.41, 5.74) is 0. The van der Waals surface area contributed by atoms with Crippen LogP contribution in [0.3, 0.4) is 0 Å². The first-order valence-corrected chi connectivity index (χ1v) is 14.0. The number of nitrogens with one attached hydrogen (secondary N) is 1. The van der Waals surface area contributed by atoms with Crippen molar-refractivity contribution in [3.8, 4) is 0 Å². The van der Waals surface area contributed by atoms with Crippen molar-refractivity contribution in [3.05, 3.63) is 12.3 Å². The monoisotopic (exact) mass is 464 g/mol. The molecule has 0 aliphatic carbocycles. The van der Waals surface area contributed by atoms with E-state index < -0.39 is 10.0 Å². The molecule has 3 aliphatic rings. The van der Waals surface area contributed by atoms with Crippen LogP contribution in [0.1, 0.15) is 65.2 Å². The fourth-order valence-corrected chi connectivity index (χ4v) is 6.61. The van der Waals surface area contributed by atoms with Gasteiger partial charge in [0, 0.05) is 51.0 Å². The van der Waals surface area contributed by atoms with E-state index >= 15 is 0 Å². The molecule has 3 fully saturated rings. The number of aromatic nitrogens is 2. The maximum Gasteiger partial charge on any atom is 0.224 e. The first kappa shape index (κ1) is 23.7. The average molecular weight is 465 g/mol. The van der Waals surface area contributed by atoms with E-state index in [9.17, 15) is 8.42 Å². The number of hydrogen-bond donors (Lipinski definition) is 1. The first-order valence-electron chi connectivity index (χ1n) is 12.5. The average Bonchev–Trinajstić information content (AvgIpc) is 3.09. The molecule has 1 unspecified atom stereocenters. The van der Waals surface area contributed by atoms with Gasteiger partial charge in [-0.2, -0.15) is 4.98 Å². The highest BCUT2D eigenvalue weighted by atomic mass is 32.2. The quantitative estimate of drug-likeness (QED) is 0.693. The maximum absolute atomic E-state index is 12.5. The molecule has 0 bridgehead atoms. The topological polar surface area (TPSA) is 81.7 Å². The smallest absolute Gasteiger partial charge is 0.224 e. The molecule has 32 heavy (non-hydrogen) atoms. The van der Waals surface area contributed by atoms with Gasteiger partial charge in [0.1, 0.15) is 5.82 Å². The van der Waals surface area contributed by atoms with Gasteiger partial charge in [-0.25, -0.2) is 17.7 Å². The highest BCUT2D eigenvalue weighted by Crippen LogP contribution is 2.25. The zero-order valence-electron chi connectivity index (χ0n) is 19.7. The van der Waals surface area contributed by atoms with E-state index in [1.54, 1.807) is 18.2 Å². The van der Waals surface area contributed by atoms with E-state index in [1.807, 2.05) is 12.3 Å². The lowest BCUT2D eigenvalue weighted by molar-refractivity contribution is 0.111. The van der Waals surface area contributed by atoms with Crippen LogP contribution in [0.25, 0.3) is 0 Å². The Morgan fingerprint density at radius 1 is 0.969 bits per heavy atom. The molecule has 1 N–H and O–H groups in total. The lowest BCUT2D eigenvalue weighted by atomic mass is 9.99. The van der Waals surface area contributed by atoms with Gasteiger partial charge >= 0.3 is 0 Å². The van der Waals surface area contributed by atoms with E-state index in [0.717, 1.165) is 63.6 Å². The molecule has 1 aromatic heterocycles. The summed E-state index contributed by atoms with van der Waals surface area (Å²) in [7, 11) is -3.14. The Balaban J connectivity index is 1.32. The molecule has 8 nitrogen and oxygen atoms in total. The minimum atomic E-state index is -3.14. The van der Waals surface area contributed by atoms with Crippen LogP contribution >= 0.6 is 0 Å². The van der Waals surface area contributed by atoms with Crippen molar-refractivity contribution in [2.45, 2.75) is 82.5 Å². The zero-order chi connectivity index (χ0) is 22.6. The summed E-state index contributed by atoms with van der Waals surface area (Å²) in [6.07, 6.45) is 11.1. The Hall–Kier alpha value is -1.45. The lowest BCUT2D eigenvalue weighted by Crippen LogP contribution is -2.52. The lowest BCUT2D eigenvalue weighted by Gasteiger charge is -2.42. The summed E-state index contributed by atoms with van der Waals surface area (Å²) >= 11 is 0. The fourth-order valence-electron chi connectivity index (χ4n) is 5.29. The van der Waals surface area contributed by atoms with Crippen molar-refractivity contribution in [1.82, 2.24) is 19.2 Å². The van der Waals surface area contributed by atoms with Gasteiger partial charge in [-0.15, -0.1) is 0 Å². The molecule has 0 radical (unpaired) electrons. The third-order valence-corrected chi connectivity index (χ3v) is 9.53. The summed E-state index contributed by atoms with van der Waals surface area (Å²) in [5, 5.41) is 3.26. The highest BCUT2D eigenvalue weighted by Gasteiger charge is 2.34. The molecule has 0 saturated carbocycles. The van der Waals surface area contributed by atoms with Crippen LogP contribution in [0.5, 0.6) is 0 Å². The predicted octanol–water partition coefficient (Wildman–Crippen LogP) is 2.94. The van der Waals surface area contributed by atoms with Crippen molar-refractivity contribution >= 4 is 21.8 Å². The molecule has 0 spiro atoms. The largest absolute Gasteiger partial charge is 0.356 e. The predicted molar refractivity (Wildman–Crippen MR) is 130 cm³/mol. The second-order valence-corrected chi connectivity index (χ2v) is 12.3. The minimum Gasteiger partial charge on any atom is -0.356 e. The number of likely N-dealkylation sites (tertiary alicyclic amines) is 1. The van der Waals surface area contributed by atoms with Crippen molar-refractivity contribution in [2.75, 3.05) is 49.5 Å². The van der Waals surface area contributed by atoms with Crippen LogP contribution in [0.4, 0.5) is 11.8 Å². The van der Waals surface area contributed by atoms with E-state index in [2.05, 4.69) is 20.1 Å². The van der Waals surface area contributed by atoms with Gasteiger partial charge in [0.15, 0.2) is 0 Å². The molecule has 4 rings (SSSR count). The second kappa shape index (κ2) is 10.7. The Kier molecular flexibility index (Phi) is 7.89. The molecule has 0 aromatic carbocycles. The van der Waals surface area contributed by atoms with Gasteiger partial charge in [0.2, 0.25) is 16.0 Å². The summed E-state index contributed by atoms with van der Waals surface area (Å²) < 4.78 is 26.6. The van der Waals surface area contributed by atoms with Crippen LogP contribution in [0.15, 0.2) is 12.3 Å². The Labute approximate surface area is 193 Å². The third kappa shape index (κ3) is 5.72. The van der Waals surface area contributed by atoms with Gasteiger partial charge in [0.25, 0.3) is 0 Å². The van der Waals surface area contributed by atoms with Gasteiger partial charge in [-0.3, -0.25) is 4.90 Å².